The first-order valence-electron chi connectivity index (χ1n) is 9.09. The van der Waals surface area contributed by atoms with Gasteiger partial charge in [0, 0.05) is 18.8 Å². The first-order valence-corrected chi connectivity index (χ1v) is 15.1. The van der Waals surface area contributed by atoms with Gasteiger partial charge in [0.05, 0.1) is 0 Å². The summed E-state index contributed by atoms with van der Waals surface area (Å²) < 4.78 is 17.5. The van der Waals surface area contributed by atoms with Crippen LogP contribution in [0.1, 0.15) is 58.3 Å². The van der Waals surface area contributed by atoms with E-state index in [9.17, 15) is 0 Å². The lowest BCUT2D eigenvalue weighted by Gasteiger charge is -2.18. The lowest BCUT2D eigenvalue weighted by atomic mass is 10.0. The Hall–Kier alpha value is 0.531. The third kappa shape index (κ3) is 13.9. The Morgan fingerprint density at radius 2 is 1.29 bits per heavy atom. The van der Waals surface area contributed by atoms with Crippen molar-refractivity contribution in [2.24, 2.45) is 0 Å². The van der Waals surface area contributed by atoms with Gasteiger partial charge in [0.15, 0.2) is 29.3 Å². The maximum absolute atomic E-state index is 5.95. The summed E-state index contributed by atoms with van der Waals surface area (Å²) in [5.74, 6) is 0. The van der Waals surface area contributed by atoms with Crippen molar-refractivity contribution in [3.63, 3.8) is 0 Å². The Balaban J connectivity index is 3.67. The molecule has 0 saturated carbocycles. The van der Waals surface area contributed by atoms with Crippen LogP contribution in [0.15, 0.2) is 0 Å². The summed E-state index contributed by atoms with van der Waals surface area (Å²) in [6.45, 7) is 9.82. The fourth-order valence-electron chi connectivity index (χ4n) is 2.70. The highest BCUT2D eigenvalue weighted by atomic mass is 28.2. The number of unbranched alkanes of at least 4 members (excludes halogenated alkanes) is 2. The molecule has 21 heavy (non-hydrogen) atoms. The summed E-state index contributed by atoms with van der Waals surface area (Å²) in [7, 11) is -0.789. The van der Waals surface area contributed by atoms with Crippen LogP contribution in [0, 0.1) is 0 Å². The molecule has 0 heterocycles. The van der Waals surface area contributed by atoms with E-state index in [0.717, 1.165) is 13.0 Å². The molecule has 0 amide bonds. The zero-order valence-corrected chi connectivity index (χ0v) is 19.1. The molecule has 0 N–H and O–H groups in total. The quantitative estimate of drug-likeness (QED) is 0.316. The zero-order valence-electron chi connectivity index (χ0n) is 14.9. The van der Waals surface area contributed by atoms with Gasteiger partial charge in [-0.25, -0.2) is 0 Å². The van der Waals surface area contributed by atoms with Crippen LogP contribution in [-0.2, 0) is 13.3 Å². The van der Waals surface area contributed by atoms with Gasteiger partial charge in [-0.15, -0.1) is 0 Å². The van der Waals surface area contributed by atoms with Gasteiger partial charge in [-0.2, -0.15) is 0 Å². The molecule has 0 aliphatic rings. The molecule has 0 radical (unpaired) electrons. The third-order valence-electron chi connectivity index (χ3n) is 3.76. The van der Waals surface area contributed by atoms with Crippen molar-refractivity contribution in [3.8, 4) is 0 Å². The van der Waals surface area contributed by atoms with Gasteiger partial charge in [0.25, 0.3) is 0 Å². The van der Waals surface area contributed by atoms with Crippen LogP contribution >= 0.6 is 0 Å². The molecule has 3 nitrogen and oxygen atoms in total. The first-order chi connectivity index (χ1) is 10.3. The molecule has 128 valence electrons. The Kier molecular flexibility index (Phi) is 17.3. The van der Waals surface area contributed by atoms with Crippen LogP contribution in [0.3, 0.4) is 0 Å². The largest absolute Gasteiger partial charge is 0.424 e. The Labute approximate surface area is 139 Å². The van der Waals surface area contributed by atoms with Crippen LogP contribution < -0.4 is 0 Å². The molecule has 0 aromatic carbocycles. The van der Waals surface area contributed by atoms with Crippen molar-refractivity contribution in [3.05, 3.63) is 0 Å². The Bertz CT molecular complexity index is 203. The smallest absolute Gasteiger partial charge is 0.158 e. The number of rotatable bonds is 16. The molecule has 0 saturated heterocycles. The van der Waals surface area contributed by atoms with Gasteiger partial charge in [-0.3, -0.25) is 0 Å². The van der Waals surface area contributed by atoms with E-state index >= 15 is 0 Å². The van der Waals surface area contributed by atoms with Gasteiger partial charge in [-0.1, -0.05) is 52.2 Å². The van der Waals surface area contributed by atoms with Gasteiger partial charge >= 0.3 is 0 Å². The topological polar surface area (TPSA) is 27.7 Å². The standard InChI is InChI=1S/C15H38O3Si3/c1-5-9-14(17-20-3)10-7-6-8-11-15(18-21-4)12-13-16-19-2/h14-15H,5-13,19-21H2,1-4H3. The molecular weight excluding hydrogens is 312 g/mol. The predicted molar refractivity (Wildman–Crippen MR) is 102 cm³/mol. The van der Waals surface area contributed by atoms with Gasteiger partial charge in [-0.05, 0) is 25.7 Å². The molecule has 0 aliphatic carbocycles. The van der Waals surface area contributed by atoms with E-state index in [2.05, 4.69) is 26.6 Å². The third-order valence-corrected chi connectivity index (χ3v) is 6.06. The van der Waals surface area contributed by atoms with Gasteiger partial charge in [0.2, 0.25) is 0 Å². The second kappa shape index (κ2) is 16.9. The minimum atomic E-state index is -0.294. The lowest BCUT2D eigenvalue weighted by Crippen LogP contribution is -2.17. The number of hydrogen-bond donors (Lipinski definition) is 0. The van der Waals surface area contributed by atoms with E-state index in [1.165, 1.54) is 44.9 Å². The molecular formula is C15H38O3Si3. The van der Waals surface area contributed by atoms with Crippen LogP contribution in [0.5, 0.6) is 0 Å². The molecule has 0 rings (SSSR count). The van der Waals surface area contributed by atoms with Crippen molar-refractivity contribution in [2.75, 3.05) is 6.61 Å². The molecule has 0 bridgehead atoms. The maximum atomic E-state index is 5.95. The fraction of sp³-hybridized carbons (Fsp3) is 1.00. The average Bonchev–Trinajstić information content (AvgIpc) is 2.47. The summed E-state index contributed by atoms with van der Waals surface area (Å²) in [4.78, 5) is 0. The van der Waals surface area contributed by atoms with E-state index in [1.807, 2.05) is 0 Å². The van der Waals surface area contributed by atoms with Crippen molar-refractivity contribution < 1.29 is 13.3 Å². The molecule has 0 spiro atoms. The van der Waals surface area contributed by atoms with Crippen LogP contribution in [0.2, 0.25) is 19.6 Å². The molecule has 6 heteroatoms. The summed E-state index contributed by atoms with van der Waals surface area (Å²) in [5, 5.41) is 0. The van der Waals surface area contributed by atoms with Crippen molar-refractivity contribution >= 4 is 29.3 Å². The summed E-state index contributed by atoms with van der Waals surface area (Å²) in [6, 6.07) is 0. The highest BCUT2D eigenvalue weighted by Gasteiger charge is 2.09. The minimum Gasteiger partial charge on any atom is -0.424 e. The highest BCUT2D eigenvalue weighted by molar-refractivity contribution is 6.25. The highest BCUT2D eigenvalue weighted by Crippen LogP contribution is 2.15. The Morgan fingerprint density at radius 3 is 1.76 bits per heavy atom. The van der Waals surface area contributed by atoms with E-state index in [4.69, 9.17) is 13.3 Å². The lowest BCUT2D eigenvalue weighted by molar-refractivity contribution is 0.157. The normalized spacial score (nSPS) is 16.0. The first kappa shape index (κ1) is 21.5. The number of hydrogen-bond acceptors (Lipinski definition) is 3. The van der Waals surface area contributed by atoms with Crippen molar-refractivity contribution in [1.29, 1.82) is 0 Å². The SMILES string of the molecule is CCCC(CCCCCC(CCO[SiH2]C)O[SiH2]C)O[SiH2]C. The molecule has 2 unspecified atom stereocenters. The predicted octanol–water partition coefficient (Wildman–Crippen LogP) is 2.31. The van der Waals surface area contributed by atoms with Crippen LogP contribution in [0.25, 0.3) is 0 Å². The summed E-state index contributed by atoms with van der Waals surface area (Å²) in [6.07, 6.45) is 11.0. The van der Waals surface area contributed by atoms with E-state index in [-0.39, 0.29) is 29.3 Å². The zero-order chi connectivity index (χ0) is 15.8. The monoisotopic (exact) mass is 350 g/mol. The van der Waals surface area contributed by atoms with Gasteiger partial charge in [0.1, 0.15) is 0 Å². The fourth-order valence-corrected chi connectivity index (χ4v) is 4.76. The molecule has 0 aromatic heterocycles. The summed E-state index contributed by atoms with van der Waals surface area (Å²) >= 11 is 0. The van der Waals surface area contributed by atoms with Crippen molar-refractivity contribution in [2.45, 2.75) is 90.1 Å². The Morgan fingerprint density at radius 1 is 0.714 bits per heavy atom. The molecule has 0 fully saturated rings. The minimum absolute atomic E-state index is 0.245. The second-order valence-corrected chi connectivity index (χ2v) is 8.37. The molecule has 0 aliphatic heterocycles. The van der Waals surface area contributed by atoms with Crippen LogP contribution in [0.4, 0.5) is 0 Å². The maximum Gasteiger partial charge on any atom is 0.158 e. The van der Waals surface area contributed by atoms with Gasteiger partial charge < -0.3 is 13.3 Å². The van der Waals surface area contributed by atoms with Crippen molar-refractivity contribution in [1.82, 2.24) is 0 Å². The van der Waals surface area contributed by atoms with E-state index in [1.54, 1.807) is 0 Å². The van der Waals surface area contributed by atoms with E-state index in [0.29, 0.717) is 12.2 Å². The molecule has 0 aromatic rings. The summed E-state index contributed by atoms with van der Waals surface area (Å²) in [5.41, 5.74) is 0. The second-order valence-electron chi connectivity index (χ2n) is 5.57. The van der Waals surface area contributed by atoms with Crippen LogP contribution in [-0.4, -0.2) is 48.1 Å². The average molecular weight is 351 g/mol. The molecule has 2 atom stereocenters. The van der Waals surface area contributed by atoms with E-state index < -0.39 is 0 Å².